The van der Waals surface area contributed by atoms with Crippen molar-refractivity contribution in [2.75, 3.05) is 19.6 Å². The van der Waals surface area contributed by atoms with E-state index >= 15 is 0 Å². The predicted octanol–water partition coefficient (Wildman–Crippen LogP) is 1.90. The Kier molecular flexibility index (Phi) is 5.00. The van der Waals surface area contributed by atoms with Crippen LogP contribution in [0.15, 0.2) is 67.3 Å². The molecule has 0 aliphatic carbocycles. The van der Waals surface area contributed by atoms with Crippen molar-refractivity contribution in [3.05, 3.63) is 72.8 Å². The van der Waals surface area contributed by atoms with Crippen molar-refractivity contribution in [1.82, 2.24) is 0 Å². The third-order valence-corrected chi connectivity index (χ3v) is 6.30. The first-order valence-corrected chi connectivity index (χ1v) is 9.76. The average molecular weight is 335 g/mol. The summed E-state index contributed by atoms with van der Waals surface area (Å²) in [4.78, 5) is 1.82. The smallest absolute Gasteiger partial charge is 0.137 e. The second-order valence-electron chi connectivity index (χ2n) is 7.78. The quantitative estimate of drug-likeness (QED) is 0.753. The number of quaternary nitrogens is 2. The lowest BCUT2D eigenvalue weighted by atomic mass is 9.75. The molecule has 2 bridgehead atoms. The number of rotatable bonds is 6. The fourth-order valence-corrected chi connectivity index (χ4v) is 4.81. The molecular formula is C23H30N2+2. The van der Waals surface area contributed by atoms with Crippen LogP contribution in [0.3, 0.4) is 0 Å². The molecule has 3 N–H and O–H groups in total. The standard InChI is InChI=1S/C23H28N2/c1-2-19-17-25-13-12-22(19)14-23(25)16-24-15-18-8-10-21(11-9-18)20-6-4-3-5-7-20/h2-11,19,22-24H,1,12-17H2/p+2/t19-,22-,23+/m0/s1. The third kappa shape index (κ3) is 3.70. The molecule has 2 heteroatoms. The molecule has 130 valence electrons. The predicted molar refractivity (Wildman–Crippen MR) is 103 cm³/mol. The van der Waals surface area contributed by atoms with E-state index in [1.54, 1.807) is 0 Å². The van der Waals surface area contributed by atoms with E-state index in [9.17, 15) is 0 Å². The Hall–Kier alpha value is -1.90. The molecule has 0 aromatic heterocycles. The molecule has 0 radical (unpaired) electrons. The monoisotopic (exact) mass is 334 g/mol. The van der Waals surface area contributed by atoms with E-state index in [-0.39, 0.29) is 0 Å². The van der Waals surface area contributed by atoms with E-state index in [1.165, 1.54) is 49.2 Å². The van der Waals surface area contributed by atoms with Crippen molar-refractivity contribution >= 4 is 0 Å². The molecule has 0 spiro atoms. The second-order valence-corrected chi connectivity index (χ2v) is 7.78. The number of benzene rings is 2. The van der Waals surface area contributed by atoms with Crippen LogP contribution in [0.2, 0.25) is 0 Å². The number of nitrogens with two attached hydrogens (primary N) is 1. The lowest BCUT2D eigenvalue weighted by molar-refractivity contribution is -0.958. The summed E-state index contributed by atoms with van der Waals surface area (Å²) in [5.41, 5.74) is 4.03. The van der Waals surface area contributed by atoms with Crippen molar-refractivity contribution in [3.63, 3.8) is 0 Å². The summed E-state index contributed by atoms with van der Waals surface area (Å²) in [6.45, 7) is 9.08. The molecule has 0 amide bonds. The van der Waals surface area contributed by atoms with Crippen LogP contribution in [0.5, 0.6) is 0 Å². The van der Waals surface area contributed by atoms with Crippen LogP contribution >= 0.6 is 0 Å². The molecule has 2 aromatic carbocycles. The SMILES string of the molecule is C=C[C@H]1C[NH+]2CC[C@H]1C[C@@H]2C[NH2+]Cc1ccc(-c2ccccc2)cc1. The summed E-state index contributed by atoms with van der Waals surface area (Å²) in [6.07, 6.45) is 5.01. The highest BCUT2D eigenvalue weighted by atomic mass is 15.2. The summed E-state index contributed by atoms with van der Waals surface area (Å²) in [5.74, 6) is 1.67. The first-order valence-electron chi connectivity index (χ1n) is 9.76. The molecule has 2 nitrogen and oxygen atoms in total. The van der Waals surface area contributed by atoms with Gasteiger partial charge in [-0.1, -0.05) is 60.7 Å². The number of hydrogen-bond donors (Lipinski definition) is 2. The summed E-state index contributed by atoms with van der Waals surface area (Å²) in [5, 5.41) is 2.51. The molecule has 3 saturated heterocycles. The number of hydrogen-bond acceptors (Lipinski definition) is 0. The van der Waals surface area contributed by atoms with Gasteiger partial charge in [0.15, 0.2) is 0 Å². The Morgan fingerprint density at radius 2 is 1.80 bits per heavy atom. The number of nitrogens with one attached hydrogen (secondary N) is 1. The van der Waals surface area contributed by atoms with Gasteiger partial charge >= 0.3 is 0 Å². The third-order valence-electron chi connectivity index (χ3n) is 6.30. The fourth-order valence-electron chi connectivity index (χ4n) is 4.81. The Balaban J connectivity index is 1.29. The first kappa shape index (κ1) is 16.6. The van der Waals surface area contributed by atoms with Gasteiger partial charge in [0.2, 0.25) is 0 Å². The summed E-state index contributed by atoms with van der Waals surface area (Å²) in [6, 6.07) is 20.5. The van der Waals surface area contributed by atoms with E-state index in [2.05, 4.69) is 72.6 Å². The van der Waals surface area contributed by atoms with E-state index in [0.717, 1.165) is 24.4 Å². The van der Waals surface area contributed by atoms with Gasteiger partial charge in [-0.2, -0.15) is 0 Å². The molecule has 4 atom stereocenters. The fraction of sp³-hybridized carbons (Fsp3) is 0.391. The van der Waals surface area contributed by atoms with Crippen molar-refractivity contribution in [2.24, 2.45) is 11.8 Å². The molecule has 3 aliphatic rings. The van der Waals surface area contributed by atoms with Crippen LogP contribution < -0.4 is 10.2 Å². The summed E-state index contributed by atoms with van der Waals surface area (Å²) < 4.78 is 0. The largest absolute Gasteiger partial charge is 0.338 e. The Morgan fingerprint density at radius 3 is 2.48 bits per heavy atom. The zero-order valence-electron chi connectivity index (χ0n) is 15.0. The molecule has 2 aromatic rings. The minimum atomic E-state index is 0.769. The molecule has 3 aliphatic heterocycles. The minimum absolute atomic E-state index is 0.769. The average Bonchev–Trinajstić information content (AvgIpc) is 2.69. The van der Waals surface area contributed by atoms with Crippen molar-refractivity contribution < 1.29 is 10.2 Å². The van der Waals surface area contributed by atoms with E-state index in [4.69, 9.17) is 0 Å². The zero-order valence-corrected chi connectivity index (χ0v) is 15.0. The Labute approximate surface area is 151 Å². The van der Waals surface area contributed by atoms with Gasteiger partial charge in [-0.05, 0) is 17.0 Å². The molecule has 1 unspecified atom stereocenters. The molecule has 3 fully saturated rings. The van der Waals surface area contributed by atoms with Crippen LogP contribution in [-0.2, 0) is 6.54 Å². The molecule has 0 saturated carbocycles. The maximum Gasteiger partial charge on any atom is 0.137 e. The van der Waals surface area contributed by atoms with Gasteiger partial charge in [-0.3, -0.25) is 0 Å². The van der Waals surface area contributed by atoms with Gasteiger partial charge in [-0.25, -0.2) is 0 Å². The van der Waals surface area contributed by atoms with Gasteiger partial charge < -0.3 is 10.2 Å². The lowest BCUT2D eigenvalue weighted by Gasteiger charge is -2.45. The maximum absolute atomic E-state index is 4.04. The number of piperidine rings is 3. The van der Waals surface area contributed by atoms with Crippen LogP contribution in [0, 0.1) is 11.8 Å². The van der Waals surface area contributed by atoms with E-state index in [0.29, 0.717) is 0 Å². The molecular weight excluding hydrogens is 304 g/mol. The zero-order chi connectivity index (χ0) is 17.1. The minimum Gasteiger partial charge on any atom is -0.338 e. The van der Waals surface area contributed by atoms with Crippen molar-refractivity contribution in [2.45, 2.75) is 25.4 Å². The normalized spacial score (nSPS) is 28.0. The highest BCUT2D eigenvalue weighted by Crippen LogP contribution is 2.27. The van der Waals surface area contributed by atoms with Crippen molar-refractivity contribution in [1.29, 1.82) is 0 Å². The van der Waals surface area contributed by atoms with Gasteiger partial charge in [0, 0.05) is 24.3 Å². The van der Waals surface area contributed by atoms with Crippen LogP contribution in [0.25, 0.3) is 11.1 Å². The molecule has 25 heavy (non-hydrogen) atoms. The van der Waals surface area contributed by atoms with Crippen LogP contribution in [0.1, 0.15) is 18.4 Å². The number of fused-ring (bicyclic) bond motifs is 3. The van der Waals surface area contributed by atoms with Crippen LogP contribution in [-0.4, -0.2) is 25.7 Å². The van der Waals surface area contributed by atoms with Crippen LogP contribution in [0.4, 0.5) is 0 Å². The van der Waals surface area contributed by atoms with Gasteiger partial charge in [0.05, 0.1) is 13.1 Å². The topological polar surface area (TPSA) is 21.1 Å². The maximum atomic E-state index is 4.04. The molecule has 5 rings (SSSR count). The summed E-state index contributed by atoms with van der Waals surface area (Å²) >= 11 is 0. The first-order chi connectivity index (χ1) is 12.3. The molecule has 3 heterocycles. The van der Waals surface area contributed by atoms with E-state index < -0.39 is 0 Å². The second kappa shape index (κ2) is 7.55. The van der Waals surface area contributed by atoms with Crippen molar-refractivity contribution in [3.8, 4) is 11.1 Å². The Bertz CT molecular complexity index is 692. The highest BCUT2D eigenvalue weighted by molar-refractivity contribution is 5.63. The van der Waals surface area contributed by atoms with Gasteiger partial charge in [0.1, 0.15) is 19.1 Å². The van der Waals surface area contributed by atoms with Gasteiger partial charge in [0.25, 0.3) is 0 Å². The van der Waals surface area contributed by atoms with Gasteiger partial charge in [-0.15, -0.1) is 6.58 Å². The Morgan fingerprint density at radius 1 is 1.04 bits per heavy atom. The van der Waals surface area contributed by atoms with E-state index in [1.807, 2.05) is 4.90 Å². The summed E-state index contributed by atoms with van der Waals surface area (Å²) in [7, 11) is 0. The highest BCUT2D eigenvalue weighted by Gasteiger charge is 2.42. The lowest BCUT2D eigenvalue weighted by Crippen LogP contribution is -3.21.